The number of ether oxygens (including phenoxy) is 1. The summed E-state index contributed by atoms with van der Waals surface area (Å²) >= 11 is 0. The van der Waals surface area contributed by atoms with Crippen molar-refractivity contribution in [2.75, 3.05) is 13.7 Å². The van der Waals surface area contributed by atoms with Gasteiger partial charge in [0.1, 0.15) is 10.5 Å². The molecule has 0 aromatic carbocycles. The van der Waals surface area contributed by atoms with Gasteiger partial charge in [0, 0.05) is 13.7 Å². The first-order chi connectivity index (χ1) is 4.12. The maximum Gasteiger partial charge on any atom is 0.146 e. The van der Waals surface area contributed by atoms with Gasteiger partial charge in [-0.15, -0.1) is 0 Å². The predicted octanol–water partition coefficient (Wildman–Crippen LogP) is 0.0985. The van der Waals surface area contributed by atoms with Gasteiger partial charge in [0.25, 0.3) is 0 Å². The summed E-state index contributed by atoms with van der Waals surface area (Å²) in [6.07, 6.45) is 0.979. The molecule has 0 aliphatic heterocycles. The Morgan fingerprint density at radius 2 is 2.00 bits per heavy atom. The van der Waals surface area contributed by atoms with Gasteiger partial charge in [-0.2, -0.15) is 0 Å². The Morgan fingerprint density at radius 1 is 1.44 bits per heavy atom. The van der Waals surface area contributed by atoms with E-state index in [4.69, 9.17) is 9.16 Å². The van der Waals surface area contributed by atoms with Crippen molar-refractivity contribution in [1.29, 1.82) is 0 Å². The molecular weight excluding hydrogens is 132 g/mol. The van der Waals surface area contributed by atoms with Gasteiger partial charge in [-0.1, -0.05) is 0 Å². The number of hydrogen-bond donors (Lipinski definition) is 0. The average Bonchev–Trinajstić information content (AvgIpc) is 1.84. The highest BCUT2D eigenvalue weighted by atomic mass is 28.2. The second-order valence-corrected chi connectivity index (χ2v) is 3.11. The van der Waals surface area contributed by atoms with Gasteiger partial charge in [-0.25, -0.2) is 0 Å². The number of rotatable bonds is 4. The van der Waals surface area contributed by atoms with E-state index in [2.05, 4.69) is 13.8 Å². The van der Waals surface area contributed by atoms with Crippen LogP contribution in [0.5, 0.6) is 0 Å². The first-order valence-electron chi connectivity index (χ1n) is 3.16. The smallest absolute Gasteiger partial charge is 0.146 e. The van der Waals surface area contributed by atoms with Crippen molar-refractivity contribution in [3.05, 3.63) is 0 Å². The maximum absolute atomic E-state index is 5.30. The summed E-state index contributed by atoms with van der Waals surface area (Å²) in [5, 5.41) is 0. The van der Waals surface area contributed by atoms with Gasteiger partial charge in [-0.3, -0.25) is 0 Å². The molecule has 0 unspecified atom stereocenters. The summed E-state index contributed by atoms with van der Waals surface area (Å²) in [6, 6.07) is 0. The maximum atomic E-state index is 5.30. The van der Waals surface area contributed by atoms with Crippen molar-refractivity contribution in [1.82, 2.24) is 0 Å². The lowest BCUT2D eigenvalue weighted by Crippen LogP contribution is -2.24. The molecule has 0 saturated heterocycles. The lowest BCUT2D eigenvalue weighted by molar-refractivity contribution is 0.0713. The van der Waals surface area contributed by atoms with E-state index in [1.165, 1.54) is 0 Å². The molecule has 0 aromatic rings. The molecule has 0 aliphatic rings. The van der Waals surface area contributed by atoms with E-state index in [0.717, 1.165) is 23.5 Å². The van der Waals surface area contributed by atoms with Crippen molar-refractivity contribution in [3.63, 3.8) is 0 Å². The van der Waals surface area contributed by atoms with E-state index in [9.17, 15) is 0 Å². The average molecular weight is 148 g/mol. The Hall–Kier alpha value is 0.137. The third kappa shape index (κ3) is 4.63. The second-order valence-electron chi connectivity index (χ2n) is 2.71. The van der Waals surface area contributed by atoms with Crippen LogP contribution in [0.15, 0.2) is 0 Å². The van der Waals surface area contributed by atoms with Gasteiger partial charge in [0.15, 0.2) is 0 Å². The fourth-order valence-corrected chi connectivity index (χ4v) is 0.654. The minimum absolute atomic E-state index is 0.0300. The molecule has 0 N–H and O–H groups in total. The van der Waals surface area contributed by atoms with Crippen LogP contribution >= 0.6 is 0 Å². The molecule has 0 aliphatic carbocycles. The van der Waals surface area contributed by atoms with Crippen molar-refractivity contribution in [3.8, 4) is 0 Å². The zero-order valence-electron chi connectivity index (χ0n) is 6.73. The normalized spacial score (nSPS) is 12.3. The monoisotopic (exact) mass is 148 g/mol. The molecule has 0 saturated carbocycles. The molecule has 0 atom stereocenters. The lowest BCUT2D eigenvalue weighted by Gasteiger charge is -2.22. The van der Waals surface area contributed by atoms with Crippen LogP contribution in [0, 0.1) is 0 Å². The Bertz CT molecular complexity index is 73.5. The molecule has 0 aromatic heterocycles. The summed E-state index contributed by atoms with van der Waals surface area (Å²) in [5.74, 6) is 0. The van der Waals surface area contributed by atoms with Crippen LogP contribution in [0.25, 0.3) is 0 Å². The summed E-state index contributed by atoms with van der Waals surface area (Å²) < 4.78 is 10.2. The van der Waals surface area contributed by atoms with Crippen LogP contribution in [-0.4, -0.2) is 29.8 Å². The fraction of sp³-hybridized carbons (Fsp3) is 1.00. The molecule has 0 fully saturated rings. The van der Waals surface area contributed by atoms with Crippen LogP contribution in [0.4, 0.5) is 0 Å². The SMILES string of the molecule is COCCC(C)(C)O[SiH3]. The Labute approximate surface area is 60.1 Å². The summed E-state index contributed by atoms with van der Waals surface area (Å²) in [6.45, 7) is 4.95. The van der Waals surface area contributed by atoms with E-state index < -0.39 is 0 Å². The third-order valence-electron chi connectivity index (χ3n) is 1.46. The van der Waals surface area contributed by atoms with Gasteiger partial charge >= 0.3 is 0 Å². The number of hydrogen-bond acceptors (Lipinski definition) is 2. The van der Waals surface area contributed by atoms with Crippen LogP contribution < -0.4 is 0 Å². The van der Waals surface area contributed by atoms with E-state index in [1.54, 1.807) is 7.11 Å². The van der Waals surface area contributed by atoms with Crippen LogP contribution in [-0.2, 0) is 9.16 Å². The molecule has 0 heterocycles. The molecule has 0 amide bonds. The Morgan fingerprint density at radius 3 is 2.33 bits per heavy atom. The summed E-state index contributed by atoms with van der Waals surface area (Å²) in [7, 11) is 2.52. The topological polar surface area (TPSA) is 18.5 Å². The zero-order valence-corrected chi connectivity index (χ0v) is 8.73. The largest absolute Gasteiger partial charge is 0.423 e. The molecule has 0 rings (SSSR count). The minimum Gasteiger partial charge on any atom is -0.423 e. The van der Waals surface area contributed by atoms with Crippen molar-refractivity contribution < 1.29 is 9.16 Å². The van der Waals surface area contributed by atoms with Crippen LogP contribution in [0.2, 0.25) is 0 Å². The lowest BCUT2D eigenvalue weighted by atomic mass is 10.1. The first kappa shape index (κ1) is 9.14. The van der Waals surface area contributed by atoms with Crippen molar-refractivity contribution >= 4 is 10.5 Å². The molecule has 3 heteroatoms. The van der Waals surface area contributed by atoms with E-state index >= 15 is 0 Å². The molecule has 0 bridgehead atoms. The highest BCUT2D eigenvalue weighted by Gasteiger charge is 2.13. The Balaban J connectivity index is 3.33. The van der Waals surface area contributed by atoms with Gasteiger partial charge in [0.2, 0.25) is 0 Å². The van der Waals surface area contributed by atoms with E-state index in [0.29, 0.717) is 0 Å². The zero-order chi connectivity index (χ0) is 7.33. The second kappa shape index (κ2) is 4.03. The van der Waals surface area contributed by atoms with E-state index in [-0.39, 0.29) is 5.60 Å². The highest BCUT2D eigenvalue weighted by molar-refractivity contribution is 5.98. The van der Waals surface area contributed by atoms with Crippen molar-refractivity contribution in [2.24, 2.45) is 0 Å². The van der Waals surface area contributed by atoms with Crippen LogP contribution in [0.3, 0.4) is 0 Å². The number of methoxy groups -OCH3 is 1. The quantitative estimate of drug-likeness (QED) is 0.526. The molecule has 0 spiro atoms. The minimum atomic E-state index is 0.0300. The predicted molar refractivity (Wildman–Crippen MR) is 41.6 cm³/mol. The summed E-state index contributed by atoms with van der Waals surface area (Å²) in [5.41, 5.74) is 0.0300. The van der Waals surface area contributed by atoms with Gasteiger partial charge < -0.3 is 9.16 Å². The Kier molecular flexibility index (Phi) is 4.09. The molecule has 9 heavy (non-hydrogen) atoms. The van der Waals surface area contributed by atoms with Crippen LogP contribution in [0.1, 0.15) is 20.3 Å². The van der Waals surface area contributed by atoms with Crippen molar-refractivity contribution in [2.45, 2.75) is 25.9 Å². The molecular formula is C6H16O2Si. The third-order valence-corrected chi connectivity index (χ3v) is 2.57. The van der Waals surface area contributed by atoms with Gasteiger partial charge in [0.05, 0.1) is 5.60 Å². The molecule has 2 nitrogen and oxygen atoms in total. The summed E-state index contributed by atoms with van der Waals surface area (Å²) in [4.78, 5) is 0. The van der Waals surface area contributed by atoms with Gasteiger partial charge in [-0.05, 0) is 20.3 Å². The highest BCUT2D eigenvalue weighted by Crippen LogP contribution is 2.11. The molecule has 56 valence electrons. The van der Waals surface area contributed by atoms with E-state index in [1.807, 2.05) is 0 Å². The standard InChI is InChI=1S/C6H16O2Si/c1-6(2,8-9)4-5-7-3/h4-5H2,1-3,9H3. The fourth-order valence-electron chi connectivity index (χ4n) is 0.450. The first-order valence-corrected chi connectivity index (χ1v) is 3.98. The molecule has 0 radical (unpaired) electrons.